The predicted octanol–water partition coefficient (Wildman–Crippen LogP) is 2.59. The number of aliphatic hydroxyl groups excluding tert-OH is 2. The molecule has 0 bridgehead atoms. The minimum Gasteiger partial charge on any atom is -0.466 e. The molecule has 24 heavy (non-hydrogen) atoms. The highest BCUT2D eigenvalue weighted by Gasteiger charge is 2.18. The van der Waals surface area contributed by atoms with Crippen LogP contribution in [0.4, 0.5) is 0 Å². The van der Waals surface area contributed by atoms with Gasteiger partial charge in [0.1, 0.15) is 6.10 Å². The first kappa shape index (κ1) is 18.4. The molecule has 0 heterocycles. The average molecular weight is 332 g/mol. The Morgan fingerprint density at radius 1 is 1.17 bits per heavy atom. The molecule has 0 saturated carbocycles. The number of hydrogen-bond donors (Lipinski definition) is 2. The number of rotatable bonds is 9. The lowest BCUT2D eigenvalue weighted by Gasteiger charge is -2.21. The van der Waals surface area contributed by atoms with Crippen molar-refractivity contribution in [1.82, 2.24) is 0 Å². The predicted molar refractivity (Wildman–Crippen MR) is 91.6 cm³/mol. The highest BCUT2D eigenvalue weighted by atomic mass is 16.5. The standard InChI is InChI=1S/C19H24O5/c1-2-23-19(22)11-10-18(24-13-15(21)12-20)17-9-5-7-14-6-3-4-8-16(14)17/h3-9,15,18,20-21H,2,10-13H2,1H3. The number of fused-ring (bicyclic) bond motifs is 1. The second-order valence-corrected chi connectivity index (χ2v) is 5.57. The maximum Gasteiger partial charge on any atom is 0.305 e. The third kappa shape index (κ3) is 5.03. The van der Waals surface area contributed by atoms with Crippen molar-refractivity contribution >= 4 is 16.7 Å². The van der Waals surface area contributed by atoms with Crippen LogP contribution in [0.25, 0.3) is 10.8 Å². The van der Waals surface area contributed by atoms with Crippen LogP contribution >= 0.6 is 0 Å². The molecule has 5 heteroatoms. The van der Waals surface area contributed by atoms with E-state index in [4.69, 9.17) is 14.6 Å². The Morgan fingerprint density at radius 3 is 2.67 bits per heavy atom. The molecule has 0 aromatic heterocycles. The molecule has 2 aromatic rings. The lowest BCUT2D eigenvalue weighted by atomic mass is 9.97. The Morgan fingerprint density at radius 2 is 1.92 bits per heavy atom. The highest BCUT2D eigenvalue weighted by molar-refractivity contribution is 5.86. The molecule has 0 radical (unpaired) electrons. The summed E-state index contributed by atoms with van der Waals surface area (Å²) in [6.07, 6.45) is -0.617. The molecule has 2 rings (SSSR count). The van der Waals surface area contributed by atoms with Gasteiger partial charge in [0, 0.05) is 6.42 Å². The first-order valence-electron chi connectivity index (χ1n) is 8.19. The molecule has 2 N–H and O–H groups in total. The number of hydrogen-bond acceptors (Lipinski definition) is 5. The van der Waals surface area contributed by atoms with Crippen LogP contribution < -0.4 is 0 Å². The third-order valence-corrected chi connectivity index (χ3v) is 3.79. The van der Waals surface area contributed by atoms with Gasteiger partial charge in [-0.1, -0.05) is 42.5 Å². The number of aliphatic hydroxyl groups is 2. The Balaban J connectivity index is 2.21. The van der Waals surface area contributed by atoms with Crippen molar-refractivity contribution < 1.29 is 24.5 Å². The van der Waals surface area contributed by atoms with Gasteiger partial charge in [-0.15, -0.1) is 0 Å². The number of benzene rings is 2. The van der Waals surface area contributed by atoms with E-state index in [1.165, 1.54) is 0 Å². The Hall–Kier alpha value is -1.95. The van der Waals surface area contributed by atoms with E-state index in [0.29, 0.717) is 13.0 Å². The number of carbonyl (C=O) groups excluding carboxylic acids is 1. The second-order valence-electron chi connectivity index (χ2n) is 5.57. The van der Waals surface area contributed by atoms with E-state index in [0.717, 1.165) is 16.3 Å². The number of esters is 1. The van der Waals surface area contributed by atoms with Gasteiger partial charge >= 0.3 is 5.97 Å². The summed E-state index contributed by atoms with van der Waals surface area (Å²) in [7, 11) is 0. The lowest BCUT2D eigenvalue weighted by Crippen LogP contribution is -2.22. The molecule has 2 unspecified atom stereocenters. The van der Waals surface area contributed by atoms with E-state index in [2.05, 4.69) is 0 Å². The van der Waals surface area contributed by atoms with Gasteiger partial charge in [-0.05, 0) is 29.7 Å². The SMILES string of the molecule is CCOC(=O)CCC(OCC(O)CO)c1cccc2ccccc12. The van der Waals surface area contributed by atoms with Crippen molar-refractivity contribution in [3.05, 3.63) is 48.0 Å². The first-order valence-corrected chi connectivity index (χ1v) is 8.19. The summed E-state index contributed by atoms with van der Waals surface area (Å²) in [5, 5.41) is 20.7. The van der Waals surface area contributed by atoms with E-state index >= 15 is 0 Å². The summed E-state index contributed by atoms with van der Waals surface area (Å²) >= 11 is 0. The smallest absolute Gasteiger partial charge is 0.305 e. The summed E-state index contributed by atoms with van der Waals surface area (Å²) < 4.78 is 10.8. The van der Waals surface area contributed by atoms with Gasteiger partial charge in [-0.25, -0.2) is 0 Å². The van der Waals surface area contributed by atoms with Gasteiger partial charge < -0.3 is 19.7 Å². The van der Waals surface area contributed by atoms with Crippen LogP contribution in [0.5, 0.6) is 0 Å². The molecule has 2 atom stereocenters. The quantitative estimate of drug-likeness (QED) is 0.690. The van der Waals surface area contributed by atoms with E-state index in [1.807, 2.05) is 42.5 Å². The largest absolute Gasteiger partial charge is 0.466 e. The molecule has 5 nitrogen and oxygen atoms in total. The molecular formula is C19H24O5. The van der Waals surface area contributed by atoms with Gasteiger partial charge in [0.05, 0.1) is 25.9 Å². The monoisotopic (exact) mass is 332 g/mol. The molecule has 0 fully saturated rings. The van der Waals surface area contributed by atoms with Crippen molar-refractivity contribution in [2.24, 2.45) is 0 Å². The Bertz CT molecular complexity index is 650. The maximum atomic E-state index is 11.7. The minimum atomic E-state index is -0.940. The normalized spacial score (nSPS) is 13.6. The minimum absolute atomic E-state index is 0.00716. The van der Waals surface area contributed by atoms with Crippen molar-refractivity contribution in [1.29, 1.82) is 0 Å². The van der Waals surface area contributed by atoms with E-state index in [-0.39, 0.29) is 31.7 Å². The molecule has 0 aliphatic rings. The van der Waals surface area contributed by atoms with Gasteiger partial charge in [0.25, 0.3) is 0 Å². The van der Waals surface area contributed by atoms with Crippen LogP contribution in [0, 0.1) is 0 Å². The van der Waals surface area contributed by atoms with Crippen LogP contribution in [-0.4, -0.2) is 42.1 Å². The van der Waals surface area contributed by atoms with Crippen molar-refractivity contribution in [3.8, 4) is 0 Å². The second kappa shape index (κ2) is 9.37. The fraction of sp³-hybridized carbons (Fsp3) is 0.421. The number of ether oxygens (including phenoxy) is 2. The molecule has 2 aromatic carbocycles. The topological polar surface area (TPSA) is 76.0 Å². The van der Waals surface area contributed by atoms with Crippen molar-refractivity contribution in [2.45, 2.75) is 32.0 Å². The van der Waals surface area contributed by atoms with Crippen LogP contribution in [-0.2, 0) is 14.3 Å². The van der Waals surface area contributed by atoms with Crippen molar-refractivity contribution in [3.63, 3.8) is 0 Å². The molecule has 0 amide bonds. The fourth-order valence-electron chi connectivity index (χ4n) is 2.62. The molecular weight excluding hydrogens is 308 g/mol. The molecule has 130 valence electrons. The zero-order valence-corrected chi connectivity index (χ0v) is 13.9. The van der Waals surface area contributed by atoms with Gasteiger partial charge in [0.2, 0.25) is 0 Å². The average Bonchev–Trinajstić information content (AvgIpc) is 2.61. The summed E-state index contributed by atoms with van der Waals surface area (Å²) in [6.45, 7) is 1.77. The fourth-order valence-corrected chi connectivity index (χ4v) is 2.62. The Labute approximate surface area is 141 Å². The molecule has 0 aliphatic heterocycles. The van der Waals surface area contributed by atoms with E-state index < -0.39 is 6.10 Å². The van der Waals surface area contributed by atoms with Crippen molar-refractivity contribution in [2.75, 3.05) is 19.8 Å². The summed E-state index contributed by atoms with van der Waals surface area (Å²) in [5.41, 5.74) is 0.961. The first-order chi connectivity index (χ1) is 11.7. The number of carbonyl (C=O) groups is 1. The van der Waals surface area contributed by atoms with Crippen LogP contribution in [0.15, 0.2) is 42.5 Å². The summed E-state index contributed by atoms with van der Waals surface area (Å²) in [5.74, 6) is -0.269. The Kier molecular flexibility index (Phi) is 7.18. The van der Waals surface area contributed by atoms with Crippen LogP contribution in [0.2, 0.25) is 0 Å². The van der Waals surface area contributed by atoms with E-state index in [9.17, 15) is 9.90 Å². The van der Waals surface area contributed by atoms with E-state index in [1.54, 1.807) is 6.92 Å². The zero-order valence-electron chi connectivity index (χ0n) is 13.9. The molecule has 0 aliphatic carbocycles. The zero-order chi connectivity index (χ0) is 17.4. The highest BCUT2D eigenvalue weighted by Crippen LogP contribution is 2.30. The maximum absolute atomic E-state index is 11.7. The van der Waals surface area contributed by atoms with Gasteiger partial charge in [0.15, 0.2) is 0 Å². The third-order valence-electron chi connectivity index (χ3n) is 3.79. The van der Waals surface area contributed by atoms with Gasteiger partial charge in [-0.2, -0.15) is 0 Å². The van der Waals surface area contributed by atoms with Crippen LogP contribution in [0.3, 0.4) is 0 Å². The lowest BCUT2D eigenvalue weighted by molar-refractivity contribution is -0.144. The molecule has 0 saturated heterocycles. The summed E-state index contributed by atoms with van der Waals surface area (Å²) in [4.78, 5) is 11.7. The van der Waals surface area contributed by atoms with Gasteiger partial charge in [-0.3, -0.25) is 4.79 Å². The summed E-state index contributed by atoms with van der Waals surface area (Å²) in [6, 6.07) is 13.9. The molecule has 0 spiro atoms. The van der Waals surface area contributed by atoms with Crippen LogP contribution in [0.1, 0.15) is 31.4 Å².